The van der Waals surface area contributed by atoms with E-state index in [0.717, 1.165) is 18.4 Å². The number of nitrogens with zero attached hydrogens (tertiary/aromatic N) is 1. The van der Waals surface area contributed by atoms with Crippen molar-refractivity contribution in [2.75, 3.05) is 11.9 Å². The Balaban J connectivity index is 1.54. The number of hydrogen-bond donors (Lipinski definition) is 2. The predicted octanol–water partition coefficient (Wildman–Crippen LogP) is 3.66. The van der Waals surface area contributed by atoms with Crippen LogP contribution in [0, 0.1) is 16.0 Å². The monoisotopic (exact) mass is 339 g/mol. The van der Waals surface area contributed by atoms with Gasteiger partial charge in [0.2, 0.25) is 5.91 Å². The second-order valence-electron chi connectivity index (χ2n) is 6.24. The summed E-state index contributed by atoms with van der Waals surface area (Å²) in [6.07, 6.45) is 2.53. The maximum Gasteiger partial charge on any atom is 0.292 e. The predicted molar refractivity (Wildman–Crippen MR) is 96.3 cm³/mol. The van der Waals surface area contributed by atoms with Gasteiger partial charge in [-0.15, -0.1) is 0 Å². The Morgan fingerprint density at radius 2 is 1.80 bits per heavy atom. The molecule has 0 aromatic heterocycles. The van der Waals surface area contributed by atoms with Crippen molar-refractivity contribution in [1.29, 1.82) is 0 Å². The van der Waals surface area contributed by atoms with Crippen LogP contribution in [0.3, 0.4) is 0 Å². The quantitative estimate of drug-likeness (QED) is 0.568. The molecule has 0 spiro atoms. The molecule has 1 aliphatic carbocycles. The molecule has 2 aromatic rings. The highest BCUT2D eigenvalue weighted by Crippen LogP contribution is 2.40. The molecular formula is C19H21N3O3. The number of rotatable bonds is 8. The van der Waals surface area contributed by atoms with Gasteiger partial charge in [0, 0.05) is 19.0 Å². The van der Waals surface area contributed by atoms with Crippen molar-refractivity contribution in [1.82, 2.24) is 5.32 Å². The lowest BCUT2D eigenvalue weighted by molar-refractivity contribution is -0.384. The molecule has 6 nitrogen and oxygen atoms in total. The van der Waals surface area contributed by atoms with Crippen molar-refractivity contribution in [3.63, 3.8) is 0 Å². The lowest BCUT2D eigenvalue weighted by Crippen LogP contribution is -2.31. The topological polar surface area (TPSA) is 84.3 Å². The molecule has 1 amide bonds. The van der Waals surface area contributed by atoms with Crippen molar-refractivity contribution in [2.24, 2.45) is 5.92 Å². The minimum absolute atomic E-state index is 0.0167. The van der Waals surface area contributed by atoms with Gasteiger partial charge in [0.25, 0.3) is 5.69 Å². The SMILES string of the molecule is O=C(CCNc1ccccc1[N+](=O)[O-])NC(c1ccccc1)C1CC1. The lowest BCUT2D eigenvalue weighted by Gasteiger charge is -2.19. The van der Waals surface area contributed by atoms with E-state index in [1.807, 2.05) is 30.3 Å². The minimum Gasteiger partial charge on any atom is -0.379 e. The van der Waals surface area contributed by atoms with Gasteiger partial charge in [0.1, 0.15) is 5.69 Å². The second-order valence-corrected chi connectivity index (χ2v) is 6.24. The van der Waals surface area contributed by atoms with Gasteiger partial charge < -0.3 is 10.6 Å². The van der Waals surface area contributed by atoms with Crippen LogP contribution >= 0.6 is 0 Å². The molecule has 2 N–H and O–H groups in total. The van der Waals surface area contributed by atoms with Crippen molar-refractivity contribution in [2.45, 2.75) is 25.3 Å². The van der Waals surface area contributed by atoms with Gasteiger partial charge in [-0.2, -0.15) is 0 Å². The van der Waals surface area contributed by atoms with Gasteiger partial charge in [-0.25, -0.2) is 0 Å². The average molecular weight is 339 g/mol. The Bertz CT molecular complexity index is 745. The number of hydrogen-bond acceptors (Lipinski definition) is 4. The van der Waals surface area contributed by atoms with E-state index in [9.17, 15) is 14.9 Å². The molecule has 1 unspecified atom stereocenters. The maximum atomic E-state index is 12.3. The molecule has 3 rings (SSSR count). The zero-order valence-electron chi connectivity index (χ0n) is 13.9. The molecule has 0 saturated heterocycles. The molecule has 1 atom stereocenters. The number of benzene rings is 2. The Morgan fingerprint density at radius 3 is 2.48 bits per heavy atom. The van der Waals surface area contributed by atoms with Crippen LogP contribution in [0.5, 0.6) is 0 Å². The van der Waals surface area contributed by atoms with Gasteiger partial charge >= 0.3 is 0 Å². The van der Waals surface area contributed by atoms with E-state index >= 15 is 0 Å². The normalized spacial score (nSPS) is 14.6. The first kappa shape index (κ1) is 17.0. The van der Waals surface area contributed by atoms with Gasteiger partial charge in [-0.05, 0) is 30.4 Å². The van der Waals surface area contributed by atoms with Gasteiger partial charge in [-0.3, -0.25) is 14.9 Å². The summed E-state index contributed by atoms with van der Waals surface area (Å²) in [5, 5.41) is 17.1. The van der Waals surface area contributed by atoms with E-state index < -0.39 is 4.92 Å². The Labute approximate surface area is 146 Å². The van der Waals surface area contributed by atoms with Crippen LogP contribution in [0.2, 0.25) is 0 Å². The van der Waals surface area contributed by atoms with E-state index in [0.29, 0.717) is 18.2 Å². The molecule has 0 bridgehead atoms. The number of anilines is 1. The molecule has 0 radical (unpaired) electrons. The molecule has 0 aliphatic heterocycles. The summed E-state index contributed by atoms with van der Waals surface area (Å²) < 4.78 is 0. The van der Waals surface area contributed by atoms with E-state index in [1.54, 1.807) is 18.2 Å². The van der Waals surface area contributed by atoms with Crippen molar-refractivity contribution in [3.05, 3.63) is 70.3 Å². The Hall–Kier alpha value is -2.89. The summed E-state index contributed by atoms with van der Waals surface area (Å²) in [6, 6.07) is 16.5. The van der Waals surface area contributed by atoms with E-state index in [2.05, 4.69) is 10.6 Å². The van der Waals surface area contributed by atoms with E-state index in [4.69, 9.17) is 0 Å². The number of nitrogens with one attached hydrogen (secondary N) is 2. The smallest absolute Gasteiger partial charge is 0.292 e. The molecule has 6 heteroatoms. The van der Waals surface area contributed by atoms with Crippen LogP contribution in [0.1, 0.15) is 30.9 Å². The lowest BCUT2D eigenvalue weighted by atomic mass is 10.0. The summed E-state index contributed by atoms with van der Waals surface area (Å²) in [5.74, 6) is 0.460. The summed E-state index contributed by atoms with van der Waals surface area (Å²) >= 11 is 0. The van der Waals surface area contributed by atoms with E-state index in [1.165, 1.54) is 6.07 Å². The number of carbonyl (C=O) groups excluding carboxylic acids is 1. The third kappa shape index (κ3) is 4.56. The first-order valence-electron chi connectivity index (χ1n) is 8.47. The molecule has 2 aromatic carbocycles. The number of nitro groups is 1. The summed E-state index contributed by atoms with van der Waals surface area (Å²) in [6.45, 7) is 0.350. The van der Waals surface area contributed by atoms with Crippen LogP contribution in [-0.4, -0.2) is 17.4 Å². The fraction of sp³-hybridized carbons (Fsp3) is 0.316. The number of para-hydroxylation sites is 2. The second kappa shape index (κ2) is 7.79. The maximum absolute atomic E-state index is 12.3. The van der Waals surface area contributed by atoms with Crippen LogP contribution in [0.25, 0.3) is 0 Å². The Morgan fingerprint density at radius 1 is 1.12 bits per heavy atom. The van der Waals surface area contributed by atoms with Crippen LogP contribution in [-0.2, 0) is 4.79 Å². The Kier molecular flexibility index (Phi) is 5.28. The van der Waals surface area contributed by atoms with Crippen molar-refractivity contribution < 1.29 is 9.72 Å². The summed E-state index contributed by atoms with van der Waals surface area (Å²) in [7, 11) is 0. The molecule has 1 fully saturated rings. The molecular weight excluding hydrogens is 318 g/mol. The highest BCUT2D eigenvalue weighted by atomic mass is 16.6. The largest absolute Gasteiger partial charge is 0.379 e. The highest BCUT2D eigenvalue weighted by molar-refractivity contribution is 5.77. The van der Waals surface area contributed by atoms with E-state index in [-0.39, 0.29) is 24.1 Å². The zero-order chi connectivity index (χ0) is 17.6. The summed E-state index contributed by atoms with van der Waals surface area (Å²) in [5.41, 5.74) is 1.58. The van der Waals surface area contributed by atoms with Crippen molar-refractivity contribution >= 4 is 17.3 Å². The van der Waals surface area contributed by atoms with Crippen LogP contribution in [0.4, 0.5) is 11.4 Å². The van der Waals surface area contributed by atoms with Crippen LogP contribution < -0.4 is 10.6 Å². The van der Waals surface area contributed by atoms with Crippen molar-refractivity contribution in [3.8, 4) is 0 Å². The fourth-order valence-electron chi connectivity index (χ4n) is 2.90. The van der Waals surface area contributed by atoms with Gasteiger partial charge in [0.05, 0.1) is 11.0 Å². The highest BCUT2D eigenvalue weighted by Gasteiger charge is 2.33. The fourth-order valence-corrected chi connectivity index (χ4v) is 2.90. The molecule has 25 heavy (non-hydrogen) atoms. The first-order chi connectivity index (χ1) is 12.1. The standard InChI is InChI=1S/C19H21N3O3/c23-18(12-13-20-16-8-4-5-9-17(16)22(24)25)21-19(15-10-11-15)14-6-2-1-3-7-14/h1-9,15,19-20H,10-13H2,(H,21,23). The number of amides is 1. The molecule has 0 heterocycles. The zero-order valence-corrected chi connectivity index (χ0v) is 13.9. The average Bonchev–Trinajstić information content (AvgIpc) is 3.46. The van der Waals surface area contributed by atoms with Gasteiger partial charge in [-0.1, -0.05) is 42.5 Å². The number of nitro benzene ring substituents is 1. The number of carbonyl (C=O) groups is 1. The third-order valence-corrected chi connectivity index (χ3v) is 4.34. The van der Waals surface area contributed by atoms with Gasteiger partial charge in [0.15, 0.2) is 0 Å². The third-order valence-electron chi connectivity index (χ3n) is 4.34. The molecule has 130 valence electrons. The van der Waals surface area contributed by atoms with Crippen LogP contribution in [0.15, 0.2) is 54.6 Å². The minimum atomic E-state index is -0.430. The summed E-state index contributed by atoms with van der Waals surface area (Å²) in [4.78, 5) is 22.8. The first-order valence-corrected chi connectivity index (χ1v) is 8.47. The molecule has 1 aliphatic rings. The molecule has 1 saturated carbocycles.